The minimum absolute atomic E-state index is 0.0285. The van der Waals surface area contributed by atoms with Crippen molar-refractivity contribution in [3.05, 3.63) is 28.5 Å². The number of esters is 1. The lowest BCUT2D eigenvalue weighted by Gasteiger charge is -2.23. The molecule has 15 heteroatoms. The molecule has 3 rings (SSSR count). The number of anilines is 1. The summed E-state index contributed by atoms with van der Waals surface area (Å²) in [7, 11) is 0. The Morgan fingerprint density at radius 3 is 2.49 bits per heavy atom. The Morgan fingerprint density at radius 2 is 1.89 bits per heavy atom. The average molecular weight is 525 g/mol. The van der Waals surface area contributed by atoms with E-state index >= 15 is 0 Å². The van der Waals surface area contributed by atoms with Gasteiger partial charge in [-0.05, 0) is 38.9 Å². The smallest absolute Gasteiger partial charge is 0.417 e. The molecule has 0 atom stereocenters. The molecule has 2 aromatic heterocycles. The number of piperidine rings is 1. The fourth-order valence-electron chi connectivity index (χ4n) is 3.32. The van der Waals surface area contributed by atoms with Crippen molar-refractivity contribution < 1.29 is 40.7 Å². The van der Waals surface area contributed by atoms with Crippen LogP contribution in [0.1, 0.15) is 45.6 Å². The SMILES string of the molecule is CCOC(=O)c1nc(C(=O)NC2CCNCC2)c(-c2cnc(NCC(F)(F)F)cc2C(F)(F)F)s1. The molecule has 1 aliphatic rings. The Kier molecular flexibility index (Phi) is 8.20. The number of nitrogens with one attached hydrogen (secondary N) is 3. The Bertz CT molecular complexity index is 1070. The van der Waals surface area contributed by atoms with Gasteiger partial charge in [0, 0.05) is 17.8 Å². The van der Waals surface area contributed by atoms with Gasteiger partial charge >= 0.3 is 18.3 Å². The van der Waals surface area contributed by atoms with Crippen LogP contribution in [-0.4, -0.2) is 60.3 Å². The second-order valence-electron chi connectivity index (χ2n) is 7.50. The van der Waals surface area contributed by atoms with Crippen molar-refractivity contribution in [2.24, 2.45) is 0 Å². The zero-order chi connectivity index (χ0) is 25.8. The minimum Gasteiger partial charge on any atom is -0.461 e. The van der Waals surface area contributed by atoms with Gasteiger partial charge in [-0.2, -0.15) is 26.3 Å². The highest BCUT2D eigenvalue weighted by atomic mass is 32.1. The second kappa shape index (κ2) is 10.8. The van der Waals surface area contributed by atoms with Crippen molar-refractivity contribution in [3.63, 3.8) is 0 Å². The monoisotopic (exact) mass is 525 g/mol. The van der Waals surface area contributed by atoms with Gasteiger partial charge in [-0.3, -0.25) is 4.79 Å². The van der Waals surface area contributed by atoms with Crippen molar-refractivity contribution in [1.29, 1.82) is 0 Å². The van der Waals surface area contributed by atoms with Crippen LogP contribution in [0.4, 0.5) is 32.2 Å². The van der Waals surface area contributed by atoms with E-state index in [0.717, 1.165) is 0 Å². The molecule has 0 unspecified atom stereocenters. The third kappa shape index (κ3) is 7.04. The van der Waals surface area contributed by atoms with Gasteiger partial charge in [0.25, 0.3) is 5.91 Å². The molecular formula is C20H21F6N5O3S. The fourth-order valence-corrected chi connectivity index (χ4v) is 4.30. The van der Waals surface area contributed by atoms with Gasteiger partial charge < -0.3 is 20.7 Å². The molecule has 0 aromatic carbocycles. The number of halogens is 6. The maximum atomic E-state index is 13.9. The molecule has 0 radical (unpaired) electrons. The number of carbonyl (C=O) groups is 2. The first-order chi connectivity index (χ1) is 16.4. The largest absolute Gasteiger partial charge is 0.461 e. The van der Waals surface area contributed by atoms with E-state index in [2.05, 4.69) is 20.6 Å². The van der Waals surface area contributed by atoms with Gasteiger partial charge in [0.1, 0.15) is 18.1 Å². The zero-order valence-electron chi connectivity index (χ0n) is 18.3. The lowest BCUT2D eigenvalue weighted by atomic mass is 10.0. The lowest BCUT2D eigenvalue weighted by molar-refractivity contribution is -0.137. The maximum absolute atomic E-state index is 13.9. The van der Waals surface area contributed by atoms with E-state index < -0.39 is 53.4 Å². The maximum Gasteiger partial charge on any atom is 0.417 e. The minimum atomic E-state index is -5.01. The number of rotatable bonds is 7. The molecule has 8 nitrogen and oxygen atoms in total. The van der Waals surface area contributed by atoms with Gasteiger partial charge in [-0.1, -0.05) is 0 Å². The second-order valence-corrected chi connectivity index (χ2v) is 8.50. The van der Waals surface area contributed by atoms with E-state index in [1.54, 1.807) is 5.32 Å². The topological polar surface area (TPSA) is 105 Å². The normalized spacial score (nSPS) is 15.1. The van der Waals surface area contributed by atoms with E-state index in [-0.39, 0.29) is 22.5 Å². The molecule has 1 fully saturated rings. The van der Waals surface area contributed by atoms with Crippen LogP contribution in [0.3, 0.4) is 0 Å². The van der Waals surface area contributed by atoms with Crippen molar-refractivity contribution in [2.45, 2.75) is 38.2 Å². The van der Waals surface area contributed by atoms with E-state index in [9.17, 15) is 35.9 Å². The summed E-state index contributed by atoms with van der Waals surface area (Å²) < 4.78 is 84.0. The van der Waals surface area contributed by atoms with E-state index in [1.165, 1.54) is 6.92 Å². The number of amides is 1. The van der Waals surface area contributed by atoms with Gasteiger partial charge in [0.15, 0.2) is 0 Å². The van der Waals surface area contributed by atoms with Gasteiger partial charge in [-0.25, -0.2) is 14.8 Å². The number of thiazole rings is 1. The number of alkyl halides is 6. The Balaban J connectivity index is 2.05. The van der Waals surface area contributed by atoms with Crippen LogP contribution in [0.5, 0.6) is 0 Å². The molecule has 0 aliphatic carbocycles. The van der Waals surface area contributed by atoms with Crippen molar-refractivity contribution >= 4 is 29.0 Å². The first-order valence-corrected chi connectivity index (χ1v) is 11.3. The Labute approximate surface area is 199 Å². The highest BCUT2D eigenvalue weighted by molar-refractivity contribution is 7.17. The summed E-state index contributed by atoms with van der Waals surface area (Å²) in [6.07, 6.45) is -7.81. The Morgan fingerprint density at radius 1 is 1.20 bits per heavy atom. The number of ether oxygens (including phenoxy) is 1. The molecule has 0 saturated carbocycles. The first-order valence-electron chi connectivity index (χ1n) is 10.5. The van der Waals surface area contributed by atoms with E-state index in [4.69, 9.17) is 4.74 Å². The standard InChI is InChI=1S/C20H21F6N5O3S/c1-2-34-18(33)17-31-14(16(32)30-10-3-5-27-6-4-10)15(35-17)11-8-28-13(29-9-19(21,22)23)7-12(11)20(24,25)26/h7-8,10,27H,2-6,9H2,1H3,(H,28,29)(H,30,32). The van der Waals surface area contributed by atoms with Crippen LogP contribution < -0.4 is 16.0 Å². The van der Waals surface area contributed by atoms with Gasteiger partial charge in [-0.15, -0.1) is 11.3 Å². The van der Waals surface area contributed by atoms with Crippen LogP contribution in [-0.2, 0) is 10.9 Å². The van der Waals surface area contributed by atoms with Gasteiger partial charge in [0.05, 0.1) is 17.0 Å². The summed E-state index contributed by atoms with van der Waals surface area (Å²) in [6.45, 7) is 1.18. The summed E-state index contributed by atoms with van der Waals surface area (Å²) in [5, 5.41) is 7.28. The van der Waals surface area contributed by atoms with Crippen LogP contribution in [0.2, 0.25) is 0 Å². The molecule has 35 heavy (non-hydrogen) atoms. The number of nitrogens with zero attached hydrogens (tertiary/aromatic N) is 2. The van der Waals surface area contributed by atoms with Crippen molar-refractivity contribution in [1.82, 2.24) is 20.6 Å². The Hall–Kier alpha value is -2.94. The first kappa shape index (κ1) is 26.7. The molecule has 0 bridgehead atoms. The number of hydrogen-bond acceptors (Lipinski definition) is 8. The molecule has 1 aliphatic heterocycles. The van der Waals surface area contributed by atoms with Crippen molar-refractivity contribution in [2.75, 3.05) is 31.6 Å². The third-order valence-electron chi connectivity index (χ3n) is 4.89. The molecule has 1 saturated heterocycles. The highest BCUT2D eigenvalue weighted by Gasteiger charge is 2.37. The average Bonchev–Trinajstić information content (AvgIpc) is 3.23. The van der Waals surface area contributed by atoms with Crippen LogP contribution in [0.15, 0.2) is 12.3 Å². The molecule has 3 N–H and O–H groups in total. The molecule has 192 valence electrons. The summed E-state index contributed by atoms with van der Waals surface area (Å²) in [5.41, 5.74) is -2.37. The third-order valence-corrected chi connectivity index (χ3v) is 5.96. The quantitative estimate of drug-likeness (QED) is 0.373. The molecule has 0 spiro atoms. The van der Waals surface area contributed by atoms with Crippen LogP contribution >= 0.6 is 11.3 Å². The van der Waals surface area contributed by atoms with Crippen LogP contribution in [0, 0.1) is 0 Å². The molecule has 3 heterocycles. The van der Waals surface area contributed by atoms with E-state index in [0.29, 0.717) is 49.5 Å². The van der Waals surface area contributed by atoms with Crippen molar-refractivity contribution in [3.8, 4) is 10.4 Å². The van der Waals surface area contributed by atoms with E-state index in [1.807, 2.05) is 0 Å². The summed E-state index contributed by atoms with van der Waals surface area (Å²) in [6, 6.07) is 0.165. The van der Waals surface area contributed by atoms with Gasteiger partial charge in [0.2, 0.25) is 5.01 Å². The predicted octanol–water partition coefficient (Wildman–Crippen LogP) is 3.86. The summed E-state index contributed by atoms with van der Waals surface area (Å²) in [5.74, 6) is -2.37. The predicted molar refractivity (Wildman–Crippen MR) is 114 cm³/mol. The molecular weight excluding hydrogens is 504 g/mol. The molecule has 1 amide bonds. The number of aromatic nitrogens is 2. The zero-order valence-corrected chi connectivity index (χ0v) is 19.1. The number of pyridine rings is 1. The lowest BCUT2D eigenvalue weighted by Crippen LogP contribution is -2.43. The summed E-state index contributed by atoms with van der Waals surface area (Å²) >= 11 is 0.506. The highest BCUT2D eigenvalue weighted by Crippen LogP contribution is 2.41. The molecule has 2 aromatic rings. The summed E-state index contributed by atoms with van der Waals surface area (Å²) in [4.78, 5) is 32.5. The number of hydrogen-bond donors (Lipinski definition) is 3. The fraction of sp³-hybridized carbons (Fsp3) is 0.500. The number of carbonyl (C=O) groups excluding carboxylic acids is 2. The van der Waals surface area contributed by atoms with Crippen LogP contribution in [0.25, 0.3) is 10.4 Å².